The highest BCUT2D eigenvalue weighted by Gasteiger charge is 2.11. The van der Waals surface area contributed by atoms with Crippen LogP contribution in [0.2, 0.25) is 0 Å². The van der Waals surface area contributed by atoms with Crippen molar-refractivity contribution < 1.29 is 4.92 Å². The van der Waals surface area contributed by atoms with Crippen LogP contribution in [0.5, 0.6) is 0 Å². The monoisotopic (exact) mass is 402 g/mol. The molecule has 1 atom stereocenters. The van der Waals surface area contributed by atoms with Crippen LogP contribution in [0.15, 0.2) is 30.3 Å². The number of aryl methyl sites for hydroxylation is 1. The van der Waals surface area contributed by atoms with Crippen LogP contribution in [0.3, 0.4) is 0 Å². The molecule has 1 unspecified atom stereocenters. The number of benzene rings is 1. The average molecular weight is 402 g/mol. The number of nitrogens with zero attached hydrogens (tertiary/aromatic N) is 1. The standard InChI is InChI=1S/C14H15IN2O2S/c1-9(7-12-5-3-10(2)20-12)16-14-6-4-11(17(18)19)8-13(14)15/h3-6,8-9,16H,7H2,1-2H3. The number of rotatable bonds is 5. The van der Waals surface area contributed by atoms with Crippen molar-refractivity contribution in [2.75, 3.05) is 5.32 Å². The third-order valence-corrected chi connectivity index (χ3v) is 4.78. The van der Waals surface area contributed by atoms with Crippen molar-refractivity contribution in [2.24, 2.45) is 0 Å². The molecule has 0 aliphatic heterocycles. The van der Waals surface area contributed by atoms with Gasteiger partial charge in [0.15, 0.2) is 0 Å². The van der Waals surface area contributed by atoms with Crippen LogP contribution in [0.25, 0.3) is 0 Å². The fraction of sp³-hybridized carbons (Fsp3) is 0.286. The zero-order chi connectivity index (χ0) is 14.7. The molecule has 0 aliphatic rings. The fourth-order valence-electron chi connectivity index (χ4n) is 1.95. The van der Waals surface area contributed by atoms with Gasteiger partial charge in [-0.25, -0.2) is 0 Å². The Bertz CT molecular complexity index is 627. The van der Waals surface area contributed by atoms with Crippen LogP contribution in [-0.2, 0) is 6.42 Å². The van der Waals surface area contributed by atoms with E-state index >= 15 is 0 Å². The molecule has 1 aromatic heterocycles. The Morgan fingerprint density at radius 2 is 2.15 bits per heavy atom. The number of nitrogens with one attached hydrogen (secondary N) is 1. The SMILES string of the molecule is Cc1ccc(CC(C)Nc2ccc([N+](=O)[O-])cc2I)s1. The lowest BCUT2D eigenvalue weighted by Crippen LogP contribution is -2.18. The van der Waals surface area contributed by atoms with Gasteiger partial charge in [-0.05, 0) is 54.6 Å². The molecule has 0 fully saturated rings. The first-order chi connectivity index (χ1) is 9.45. The summed E-state index contributed by atoms with van der Waals surface area (Å²) in [4.78, 5) is 13.0. The van der Waals surface area contributed by atoms with E-state index in [1.807, 2.05) is 0 Å². The van der Waals surface area contributed by atoms with Crippen molar-refractivity contribution in [3.8, 4) is 0 Å². The Morgan fingerprint density at radius 1 is 1.40 bits per heavy atom. The first-order valence-corrected chi connectivity index (χ1v) is 8.11. The Balaban J connectivity index is 2.04. The first-order valence-electron chi connectivity index (χ1n) is 6.21. The number of halogens is 1. The van der Waals surface area contributed by atoms with Gasteiger partial charge in [0.2, 0.25) is 0 Å². The molecule has 106 valence electrons. The maximum atomic E-state index is 10.7. The minimum Gasteiger partial charge on any atom is -0.381 e. The number of nitro groups is 1. The van der Waals surface area contributed by atoms with E-state index in [2.05, 4.69) is 53.9 Å². The summed E-state index contributed by atoms with van der Waals surface area (Å²) in [5, 5.41) is 14.1. The Labute approximate surface area is 135 Å². The zero-order valence-corrected chi connectivity index (χ0v) is 14.2. The molecule has 6 heteroatoms. The van der Waals surface area contributed by atoms with Crippen molar-refractivity contribution in [1.29, 1.82) is 0 Å². The van der Waals surface area contributed by atoms with Gasteiger partial charge in [0.1, 0.15) is 0 Å². The predicted octanol–water partition coefficient (Wildman–Crippen LogP) is 4.61. The largest absolute Gasteiger partial charge is 0.381 e. The number of anilines is 1. The van der Waals surface area contributed by atoms with Gasteiger partial charge in [-0.2, -0.15) is 0 Å². The summed E-state index contributed by atoms with van der Waals surface area (Å²) in [7, 11) is 0. The van der Waals surface area contributed by atoms with E-state index in [1.165, 1.54) is 15.8 Å². The van der Waals surface area contributed by atoms with E-state index in [4.69, 9.17) is 0 Å². The topological polar surface area (TPSA) is 55.2 Å². The lowest BCUT2D eigenvalue weighted by Gasteiger charge is -2.15. The summed E-state index contributed by atoms with van der Waals surface area (Å²) >= 11 is 3.93. The van der Waals surface area contributed by atoms with E-state index in [0.717, 1.165) is 15.7 Å². The second-order valence-corrected chi connectivity index (χ2v) is 7.22. The molecular formula is C14H15IN2O2S. The predicted molar refractivity (Wildman–Crippen MR) is 91.7 cm³/mol. The molecule has 0 radical (unpaired) electrons. The summed E-state index contributed by atoms with van der Waals surface area (Å²) < 4.78 is 0.867. The maximum Gasteiger partial charge on any atom is 0.270 e. The second kappa shape index (κ2) is 6.53. The molecule has 0 aliphatic carbocycles. The summed E-state index contributed by atoms with van der Waals surface area (Å²) in [5.74, 6) is 0. The van der Waals surface area contributed by atoms with E-state index < -0.39 is 0 Å². The van der Waals surface area contributed by atoms with Gasteiger partial charge in [0.05, 0.1) is 4.92 Å². The number of thiophene rings is 1. The van der Waals surface area contributed by atoms with Crippen molar-refractivity contribution in [3.05, 3.63) is 53.8 Å². The third kappa shape index (κ3) is 3.92. The molecule has 0 spiro atoms. The fourth-order valence-corrected chi connectivity index (χ4v) is 3.62. The molecule has 2 rings (SSSR count). The van der Waals surface area contributed by atoms with E-state index in [0.29, 0.717) is 0 Å². The van der Waals surface area contributed by atoms with Crippen LogP contribution in [-0.4, -0.2) is 11.0 Å². The lowest BCUT2D eigenvalue weighted by atomic mass is 10.2. The zero-order valence-electron chi connectivity index (χ0n) is 11.2. The van der Waals surface area contributed by atoms with Gasteiger partial charge >= 0.3 is 0 Å². The van der Waals surface area contributed by atoms with Gasteiger partial charge in [0, 0.05) is 43.6 Å². The minimum absolute atomic E-state index is 0.126. The molecule has 20 heavy (non-hydrogen) atoms. The van der Waals surface area contributed by atoms with Gasteiger partial charge in [-0.15, -0.1) is 11.3 Å². The Kier molecular flexibility index (Phi) is 4.98. The maximum absolute atomic E-state index is 10.7. The van der Waals surface area contributed by atoms with E-state index in [9.17, 15) is 10.1 Å². The average Bonchev–Trinajstić information content (AvgIpc) is 2.77. The number of non-ortho nitro benzene ring substituents is 1. The number of hydrogen-bond donors (Lipinski definition) is 1. The quantitative estimate of drug-likeness (QED) is 0.452. The van der Waals surface area contributed by atoms with Gasteiger partial charge in [-0.1, -0.05) is 0 Å². The molecule has 1 aromatic carbocycles. The smallest absolute Gasteiger partial charge is 0.270 e. The third-order valence-electron chi connectivity index (χ3n) is 2.87. The number of hydrogen-bond acceptors (Lipinski definition) is 4. The van der Waals surface area contributed by atoms with Crippen LogP contribution in [0.4, 0.5) is 11.4 Å². The normalized spacial score (nSPS) is 12.2. The van der Waals surface area contributed by atoms with Gasteiger partial charge in [0.25, 0.3) is 5.69 Å². The van der Waals surface area contributed by atoms with E-state index in [-0.39, 0.29) is 16.7 Å². The van der Waals surface area contributed by atoms with Crippen molar-refractivity contribution >= 4 is 45.3 Å². The molecule has 2 aromatic rings. The molecule has 0 saturated carbocycles. The molecule has 0 saturated heterocycles. The Morgan fingerprint density at radius 3 is 2.70 bits per heavy atom. The molecular weight excluding hydrogens is 387 g/mol. The van der Waals surface area contributed by atoms with Gasteiger partial charge < -0.3 is 5.32 Å². The second-order valence-electron chi connectivity index (χ2n) is 4.68. The van der Waals surface area contributed by atoms with Crippen molar-refractivity contribution in [1.82, 2.24) is 0 Å². The molecule has 0 bridgehead atoms. The first kappa shape index (κ1) is 15.2. The highest BCUT2D eigenvalue weighted by Crippen LogP contribution is 2.25. The summed E-state index contributed by atoms with van der Waals surface area (Å²) in [6.45, 7) is 4.22. The highest BCUT2D eigenvalue weighted by molar-refractivity contribution is 14.1. The van der Waals surface area contributed by atoms with E-state index in [1.54, 1.807) is 23.5 Å². The molecule has 0 amide bonds. The van der Waals surface area contributed by atoms with Crippen LogP contribution < -0.4 is 5.32 Å². The summed E-state index contributed by atoms with van der Waals surface area (Å²) in [6.07, 6.45) is 0.950. The minimum atomic E-state index is -0.371. The van der Waals surface area contributed by atoms with Crippen LogP contribution in [0.1, 0.15) is 16.7 Å². The van der Waals surface area contributed by atoms with Gasteiger partial charge in [-0.3, -0.25) is 10.1 Å². The molecule has 4 nitrogen and oxygen atoms in total. The van der Waals surface area contributed by atoms with Crippen molar-refractivity contribution in [2.45, 2.75) is 26.3 Å². The molecule has 1 heterocycles. The van der Waals surface area contributed by atoms with Crippen LogP contribution in [0, 0.1) is 20.6 Å². The van der Waals surface area contributed by atoms with Crippen LogP contribution >= 0.6 is 33.9 Å². The lowest BCUT2D eigenvalue weighted by molar-refractivity contribution is -0.384. The summed E-state index contributed by atoms with van der Waals surface area (Å²) in [6, 6.07) is 9.46. The highest BCUT2D eigenvalue weighted by atomic mass is 127. The summed E-state index contributed by atoms with van der Waals surface area (Å²) in [5.41, 5.74) is 1.07. The Hall–Kier alpha value is -1.15. The number of nitro benzene ring substituents is 1. The van der Waals surface area contributed by atoms with Crippen molar-refractivity contribution in [3.63, 3.8) is 0 Å². The molecule has 1 N–H and O–H groups in total.